The van der Waals surface area contributed by atoms with Crippen molar-refractivity contribution in [3.8, 4) is 5.75 Å². The number of ether oxygens (including phenoxy) is 1. The predicted octanol–water partition coefficient (Wildman–Crippen LogP) is 5.35. The number of nitrogens with zero attached hydrogens (tertiary/aromatic N) is 1. The molecule has 0 unspecified atom stereocenters. The molecule has 0 aliphatic carbocycles. The molecule has 2 aromatic rings. The van der Waals surface area contributed by atoms with E-state index < -0.39 is 0 Å². The molecule has 0 aromatic heterocycles. The van der Waals surface area contributed by atoms with Crippen LogP contribution in [0.1, 0.15) is 29.6 Å². The van der Waals surface area contributed by atoms with Crippen LogP contribution in [-0.2, 0) is 0 Å². The maximum atomic E-state index is 12.8. The van der Waals surface area contributed by atoms with Crippen LogP contribution >= 0.6 is 27.5 Å². The average Bonchev–Trinajstić information content (AvgIpc) is 2.63. The number of hydrogen-bond acceptors (Lipinski definition) is 3. The fourth-order valence-corrected chi connectivity index (χ4v) is 3.61. The maximum Gasteiger partial charge on any atom is 0.257 e. The number of amides is 1. The average molecular weight is 424 g/mol. The highest BCUT2D eigenvalue weighted by Crippen LogP contribution is 2.32. The van der Waals surface area contributed by atoms with E-state index in [9.17, 15) is 4.79 Å². The van der Waals surface area contributed by atoms with Gasteiger partial charge in [-0.05, 0) is 71.6 Å². The first-order chi connectivity index (χ1) is 12.1. The standard InChI is InChI=1S/C19H20BrClN2O2/c1-25-14-6-7-16(20)15(12-14)19(24)22-17-11-13(21)5-8-18(17)23-9-3-2-4-10-23/h5-8,11-12H,2-4,9-10H2,1H3,(H,22,24). The first kappa shape index (κ1) is 18.1. The Morgan fingerprint density at radius 2 is 1.92 bits per heavy atom. The molecule has 132 valence electrons. The van der Waals surface area contributed by atoms with E-state index in [0.717, 1.165) is 37.3 Å². The molecule has 4 nitrogen and oxygen atoms in total. The topological polar surface area (TPSA) is 41.6 Å². The third kappa shape index (κ3) is 4.28. The third-order valence-electron chi connectivity index (χ3n) is 4.32. The number of carbonyl (C=O) groups is 1. The van der Waals surface area contributed by atoms with E-state index in [1.54, 1.807) is 31.4 Å². The van der Waals surface area contributed by atoms with Crippen LogP contribution in [0.4, 0.5) is 11.4 Å². The van der Waals surface area contributed by atoms with Gasteiger partial charge in [0.25, 0.3) is 5.91 Å². The van der Waals surface area contributed by atoms with Crippen molar-refractivity contribution in [1.82, 2.24) is 0 Å². The molecule has 1 amide bonds. The van der Waals surface area contributed by atoms with E-state index in [4.69, 9.17) is 16.3 Å². The van der Waals surface area contributed by atoms with Gasteiger partial charge in [0.1, 0.15) is 5.75 Å². The maximum absolute atomic E-state index is 12.8. The van der Waals surface area contributed by atoms with Gasteiger partial charge in [-0.15, -0.1) is 0 Å². The molecule has 1 aliphatic rings. The van der Waals surface area contributed by atoms with Crippen LogP contribution in [0.2, 0.25) is 5.02 Å². The molecule has 6 heteroatoms. The second-order valence-electron chi connectivity index (χ2n) is 6.01. The first-order valence-electron chi connectivity index (χ1n) is 8.28. The Morgan fingerprint density at radius 3 is 2.64 bits per heavy atom. The molecule has 0 saturated carbocycles. The van der Waals surface area contributed by atoms with Gasteiger partial charge < -0.3 is 15.0 Å². The lowest BCUT2D eigenvalue weighted by atomic mass is 10.1. The number of nitrogens with one attached hydrogen (secondary N) is 1. The van der Waals surface area contributed by atoms with Crippen LogP contribution < -0.4 is 15.0 Å². The number of hydrogen-bond donors (Lipinski definition) is 1. The summed E-state index contributed by atoms with van der Waals surface area (Å²) >= 11 is 9.60. The molecule has 25 heavy (non-hydrogen) atoms. The van der Waals surface area contributed by atoms with Crippen LogP contribution in [0.25, 0.3) is 0 Å². The lowest BCUT2D eigenvalue weighted by Gasteiger charge is -2.30. The molecule has 1 heterocycles. The number of methoxy groups -OCH3 is 1. The summed E-state index contributed by atoms with van der Waals surface area (Å²) in [5.74, 6) is 0.432. The highest BCUT2D eigenvalue weighted by molar-refractivity contribution is 9.10. The lowest BCUT2D eigenvalue weighted by Crippen LogP contribution is -2.30. The van der Waals surface area contributed by atoms with Crippen LogP contribution in [0.15, 0.2) is 40.9 Å². The van der Waals surface area contributed by atoms with Gasteiger partial charge in [-0.1, -0.05) is 11.6 Å². The number of carbonyl (C=O) groups excluding carboxylic acids is 1. The fourth-order valence-electron chi connectivity index (χ4n) is 3.01. The van der Waals surface area contributed by atoms with E-state index in [1.807, 2.05) is 12.1 Å². The number of halogens is 2. The van der Waals surface area contributed by atoms with Crippen LogP contribution in [0, 0.1) is 0 Å². The Balaban J connectivity index is 1.89. The molecule has 0 bridgehead atoms. The van der Waals surface area contributed by atoms with Crippen molar-refractivity contribution in [2.45, 2.75) is 19.3 Å². The second-order valence-corrected chi connectivity index (χ2v) is 7.30. The molecular weight excluding hydrogens is 404 g/mol. The zero-order chi connectivity index (χ0) is 17.8. The SMILES string of the molecule is COc1ccc(Br)c(C(=O)Nc2cc(Cl)ccc2N2CCCCC2)c1. The third-order valence-corrected chi connectivity index (χ3v) is 5.25. The monoisotopic (exact) mass is 422 g/mol. The zero-order valence-corrected chi connectivity index (χ0v) is 16.4. The second kappa shape index (κ2) is 8.11. The van der Waals surface area contributed by atoms with Gasteiger partial charge >= 0.3 is 0 Å². The predicted molar refractivity (Wildman–Crippen MR) is 106 cm³/mol. The zero-order valence-electron chi connectivity index (χ0n) is 14.0. The molecule has 0 radical (unpaired) electrons. The Hall–Kier alpha value is -1.72. The lowest BCUT2D eigenvalue weighted by molar-refractivity contribution is 0.102. The van der Waals surface area contributed by atoms with Crippen molar-refractivity contribution in [1.29, 1.82) is 0 Å². The van der Waals surface area contributed by atoms with Crippen LogP contribution in [0.3, 0.4) is 0 Å². The van der Waals surface area contributed by atoms with E-state index in [1.165, 1.54) is 6.42 Å². The summed E-state index contributed by atoms with van der Waals surface area (Å²) in [4.78, 5) is 15.1. The molecule has 1 N–H and O–H groups in total. The van der Waals surface area contributed by atoms with Gasteiger partial charge in [-0.2, -0.15) is 0 Å². The van der Waals surface area contributed by atoms with Crippen molar-refractivity contribution in [2.75, 3.05) is 30.4 Å². The van der Waals surface area contributed by atoms with Crippen molar-refractivity contribution >= 4 is 44.8 Å². The summed E-state index contributed by atoms with van der Waals surface area (Å²) in [6.45, 7) is 1.99. The summed E-state index contributed by atoms with van der Waals surface area (Å²) in [7, 11) is 1.58. The molecule has 1 fully saturated rings. The fraction of sp³-hybridized carbons (Fsp3) is 0.316. The van der Waals surface area contributed by atoms with Gasteiger partial charge in [0, 0.05) is 22.6 Å². The van der Waals surface area contributed by atoms with Gasteiger partial charge in [0.15, 0.2) is 0 Å². The summed E-state index contributed by atoms with van der Waals surface area (Å²) in [6, 6.07) is 11.0. The van der Waals surface area contributed by atoms with E-state index in [0.29, 0.717) is 20.8 Å². The van der Waals surface area contributed by atoms with E-state index in [-0.39, 0.29) is 5.91 Å². The summed E-state index contributed by atoms with van der Waals surface area (Å²) < 4.78 is 5.93. The molecule has 1 saturated heterocycles. The summed E-state index contributed by atoms with van der Waals surface area (Å²) in [5.41, 5.74) is 2.26. The van der Waals surface area contributed by atoms with E-state index >= 15 is 0 Å². The molecular formula is C19H20BrClN2O2. The first-order valence-corrected chi connectivity index (χ1v) is 9.45. The van der Waals surface area contributed by atoms with Crippen LogP contribution in [0.5, 0.6) is 5.75 Å². The van der Waals surface area contributed by atoms with Gasteiger partial charge in [0.05, 0.1) is 24.0 Å². The highest BCUT2D eigenvalue weighted by Gasteiger charge is 2.18. The molecule has 0 spiro atoms. The van der Waals surface area contributed by atoms with Crippen molar-refractivity contribution in [3.63, 3.8) is 0 Å². The Labute approximate surface area is 161 Å². The Bertz CT molecular complexity index is 776. The minimum absolute atomic E-state index is 0.202. The van der Waals surface area contributed by atoms with Crippen molar-refractivity contribution in [3.05, 3.63) is 51.5 Å². The number of piperidine rings is 1. The number of anilines is 2. The normalized spacial score (nSPS) is 14.3. The van der Waals surface area contributed by atoms with Gasteiger partial charge in [-0.25, -0.2) is 0 Å². The van der Waals surface area contributed by atoms with E-state index in [2.05, 4.69) is 26.1 Å². The Kier molecular flexibility index (Phi) is 5.86. The van der Waals surface area contributed by atoms with Gasteiger partial charge in [-0.3, -0.25) is 4.79 Å². The highest BCUT2D eigenvalue weighted by atomic mass is 79.9. The number of benzene rings is 2. The van der Waals surface area contributed by atoms with Crippen molar-refractivity contribution in [2.24, 2.45) is 0 Å². The Morgan fingerprint density at radius 1 is 1.16 bits per heavy atom. The van der Waals surface area contributed by atoms with Gasteiger partial charge in [0.2, 0.25) is 0 Å². The quantitative estimate of drug-likeness (QED) is 0.720. The smallest absolute Gasteiger partial charge is 0.257 e. The minimum atomic E-state index is -0.202. The molecule has 0 atom stereocenters. The van der Waals surface area contributed by atoms with Crippen molar-refractivity contribution < 1.29 is 9.53 Å². The minimum Gasteiger partial charge on any atom is -0.497 e. The molecule has 3 rings (SSSR count). The summed E-state index contributed by atoms with van der Waals surface area (Å²) in [6.07, 6.45) is 3.58. The summed E-state index contributed by atoms with van der Waals surface area (Å²) in [5, 5.41) is 3.60. The molecule has 2 aromatic carbocycles. The number of rotatable bonds is 4. The molecule has 1 aliphatic heterocycles. The van der Waals surface area contributed by atoms with Crippen LogP contribution in [-0.4, -0.2) is 26.1 Å². The largest absolute Gasteiger partial charge is 0.497 e.